The molecule has 0 amide bonds. The summed E-state index contributed by atoms with van der Waals surface area (Å²) < 4.78 is 1.63. The highest BCUT2D eigenvalue weighted by atomic mass is 35.5. The van der Waals surface area contributed by atoms with E-state index in [0.29, 0.717) is 15.2 Å². The second-order valence-corrected chi connectivity index (χ2v) is 3.95. The number of hydrogen-bond acceptors (Lipinski definition) is 4. The van der Waals surface area contributed by atoms with Gasteiger partial charge in [-0.15, -0.1) is 5.12 Å². The molecular weight excluding hydrogens is 242 g/mol. The normalized spacial score (nSPS) is 13.9. The number of rotatable bonds is 1. The number of nitrogens with zero attached hydrogens (tertiary/aromatic N) is 4. The van der Waals surface area contributed by atoms with E-state index in [1.54, 1.807) is 47.8 Å². The first-order valence-corrected chi connectivity index (χ1v) is 5.27. The fourth-order valence-electron chi connectivity index (χ4n) is 1.62. The Morgan fingerprint density at radius 3 is 3.06 bits per heavy atom. The highest BCUT2D eigenvalue weighted by molar-refractivity contribution is 6.30. The Kier molecular flexibility index (Phi) is 2.15. The summed E-state index contributed by atoms with van der Waals surface area (Å²) in [5, 5.41) is 15.1. The van der Waals surface area contributed by atoms with E-state index in [2.05, 4.69) is 10.5 Å². The minimum absolute atomic E-state index is 0.519. The molecule has 2 aromatic rings. The van der Waals surface area contributed by atoms with Gasteiger partial charge in [0.05, 0.1) is 11.4 Å². The fraction of sp³-hybridized carbons (Fsp3) is 0. The van der Waals surface area contributed by atoms with Crippen LogP contribution in [0.15, 0.2) is 36.9 Å². The Labute approximate surface area is 101 Å². The predicted octanol–water partition coefficient (Wildman–Crippen LogP) is -0.665. The number of benzene rings is 1. The number of nitrogens with one attached hydrogen (secondary N) is 1. The monoisotopic (exact) mass is 249 g/mol. The lowest BCUT2D eigenvalue weighted by Gasteiger charge is -2.22. The molecule has 86 valence electrons. The lowest BCUT2D eigenvalue weighted by Crippen LogP contribution is -2.58. The topological polar surface area (TPSA) is 59.2 Å². The second kappa shape index (κ2) is 3.67. The standard InChI is InChI=1S/C10H8ClN5O/c11-9-1-2-10-8(5-9)6-15(13-16(10)17)14-4-3-12-7-14/h1-7,13H. The van der Waals surface area contributed by atoms with Crippen LogP contribution in [0.3, 0.4) is 0 Å². The van der Waals surface area contributed by atoms with Crippen molar-refractivity contribution < 1.29 is 0 Å². The minimum Gasteiger partial charge on any atom is -0.594 e. The summed E-state index contributed by atoms with van der Waals surface area (Å²) in [5.74, 6) is 0. The number of hydrazine groups is 2. The van der Waals surface area contributed by atoms with E-state index in [9.17, 15) is 5.21 Å². The molecule has 1 N–H and O–H groups in total. The third-order valence-corrected chi connectivity index (χ3v) is 2.64. The number of aromatic nitrogens is 2. The summed E-state index contributed by atoms with van der Waals surface area (Å²) in [6, 6.07) is 5.07. The van der Waals surface area contributed by atoms with Gasteiger partial charge in [-0.05, 0) is 12.1 Å². The molecule has 0 spiro atoms. The van der Waals surface area contributed by atoms with Crippen LogP contribution < -0.4 is 26.1 Å². The van der Waals surface area contributed by atoms with E-state index in [-0.39, 0.29) is 0 Å². The van der Waals surface area contributed by atoms with Crippen molar-refractivity contribution in [2.45, 2.75) is 0 Å². The Morgan fingerprint density at radius 2 is 2.29 bits per heavy atom. The predicted molar refractivity (Wildman–Crippen MR) is 63.4 cm³/mol. The molecule has 0 bridgehead atoms. The molecule has 1 aliphatic heterocycles. The van der Waals surface area contributed by atoms with Gasteiger partial charge in [0.25, 0.3) is 5.36 Å². The van der Waals surface area contributed by atoms with Crippen molar-refractivity contribution >= 4 is 17.8 Å². The van der Waals surface area contributed by atoms with Crippen molar-refractivity contribution in [3.63, 3.8) is 0 Å². The van der Waals surface area contributed by atoms with Crippen molar-refractivity contribution in [2.24, 2.45) is 0 Å². The third-order valence-electron chi connectivity index (χ3n) is 2.40. The van der Waals surface area contributed by atoms with Crippen molar-refractivity contribution in [3.8, 4) is 0 Å². The van der Waals surface area contributed by atoms with Crippen molar-refractivity contribution in [1.29, 1.82) is 0 Å². The maximum atomic E-state index is 11.8. The minimum atomic E-state index is 0.519. The van der Waals surface area contributed by atoms with E-state index in [4.69, 9.17) is 11.6 Å². The van der Waals surface area contributed by atoms with Gasteiger partial charge < -0.3 is 5.21 Å². The highest BCUT2D eigenvalue weighted by Gasteiger charge is 2.12. The maximum absolute atomic E-state index is 11.8. The van der Waals surface area contributed by atoms with E-state index >= 15 is 0 Å². The van der Waals surface area contributed by atoms with Crippen molar-refractivity contribution in [2.75, 3.05) is 5.12 Å². The zero-order valence-electron chi connectivity index (χ0n) is 8.62. The van der Waals surface area contributed by atoms with E-state index in [0.717, 1.165) is 5.22 Å². The molecular formula is C10H8ClN5O. The SMILES string of the molecule is [O-][N+]1=c2ccc(Cl)cc2=CN(n2ccnc2)N1. The van der Waals surface area contributed by atoms with Gasteiger partial charge in [-0.25, -0.2) is 9.66 Å². The van der Waals surface area contributed by atoms with Crippen LogP contribution in [0, 0.1) is 5.21 Å². The van der Waals surface area contributed by atoms with Gasteiger partial charge in [0.2, 0.25) is 0 Å². The molecule has 17 heavy (non-hydrogen) atoms. The molecule has 1 aromatic carbocycles. The molecule has 0 radical (unpaired) electrons. The smallest absolute Gasteiger partial charge is 0.252 e. The first-order chi connectivity index (χ1) is 8.24. The van der Waals surface area contributed by atoms with Crippen molar-refractivity contribution in [1.82, 2.24) is 20.0 Å². The molecule has 0 atom stereocenters. The van der Waals surface area contributed by atoms with Crippen LogP contribution in [-0.4, -0.2) is 9.66 Å². The van der Waals surface area contributed by atoms with Crippen LogP contribution in [0.4, 0.5) is 0 Å². The number of fused-ring (bicyclic) bond motifs is 1. The second-order valence-electron chi connectivity index (χ2n) is 3.51. The largest absolute Gasteiger partial charge is 0.594 e. The van der Waals surface area contributed by atoms with Gasteiger partial charge in [-0.2, -0.15) is 0 Å². The van der Waals surface area contributed by atoms with Crippen molar-refractivity contribution in [3.05, 3.63) is 57.7 Å². The van der Waals surface area contributed by atoms with E-state index < -0.39 is 0 Å². The lowest BCUT2D eigenvalue weighted by atomic mass is 10.3. The van der Waals surface area contributed by atoms with Crippen LogP contribution in [0.1, 0.15) is 0 Å². The average molecular weight is 250 g/mol. The molecule has 1 aliphatic rings. The summed E-state index contributed by atoms with van der Waals surface area (Å²) >= 11 is 5.90. The zero-order chi connectivity index (χ0) is 11.8. The third kappa shape index (κ3) is 1.68. The Bertz CT molecular complexity index is 666. The summed E-state index contributed by atoms with van der Waals surface area (Å²) in [6.45, 7) is 0. The summed E-state index contributed by atoms with van der Waals surface area (Å²) in [6.07, 6.45) is 6.68. The highest BCUT2D eigenvalue weighted by Crippen LogP contribution is 2.00. The Balaban J connectivity index is 2.18. The zero-order valence-corrected chi connectivity index (χ0v) is 9.37. The van der Waals surface area contributed by atoms with Crippen LogP contribution in [0.5, 0.6) is 0 Å². The number of hydrogen-bond donors (Lipinski definition) is 1. The number of halogens is 1. The molecule has 6 nitrogen and oxygen atoms in total. The summed E-state index contributed by atoms with van der Waals surface area (Å²) in [4.78, 5) is 4.58. The van der Waals surface area contributed by atoms with E-state index in [1.165, 1.54) is 5.12 Å². The molecule has 0 saturated heterocycles. The van der Waals surface area contributed by atoms with Crippen LogP contribution >= 0.6 is 11.6 Å². The molecule has 0 saturated carbocycles. The number of imidazole rings is 1. The summed E-state index contributed by atoms with van der Waals surface area (Å²) in [7, 11) is 0. The first-order valence-electron chi connectivity index (χ1n) is 4.89. The molecule has 1 aromatic heterocycles. The maximum Gasteiger partial charge on any atom is 0.252 e. The van der Waals surface area contributed by atoms with Crippen LogP contribution in [0.2, 0.25) is 5.02 Å². The lowest BCUT2D eigenvalue weighted by molar-refractivity contribution is 0.456. The van der Waals surface area contributed by atoms with E-state index in [1.807, 2.05) is 0 Å². The first kappa shape index (κ1) is 9.98. The molecule has 0 unspecified atom stereocenters. The average Bonchev–Trinajstić information content (AvgIpc) is 2.81. The summed E-state index contributed by atoms with van der Waals surface area (Å²) in [5.41, 5.74) is 2.63. The molecule has 2 heterocycles. The molecule has 7 heteroatoms. The quantitative estimate of drug-likeness (QED) is 0.538. The van der Waals surface area contributed by atoms with Gasteiger partial charge in [-0.3, -0.25) is 0 Å². The van der Waals surface area contributed by atoms with Gasteiger partial charge in [0.1, 0.15) is 6.33 Å². The van der Waals surface area contributed by atoms with Gasteiger partial charge in [0, 0.05) is 23.5 Å². The Morgan fingerprint density at radius 1 is 1.41 bits per heavy atom. The molecule has 3 rings (SSSR count). The fourth-order valence-corrected chi connectivity index (χ4v) is 1.80. The van der Waals surface area contributed by atoms with Crippen LogP contribution in [0.25, 0.3) is 6.20 Å². The van der Waals surface area contributed by atoms with Gasteiger partial charge >= 0.3 is 0 Å². The van der Waals surface area contributed by atoms with Gasteiger partial charge in [-0.1, -0.05) is 22.0 Å². The molecule has 0 fully saturated rings. The Hall–Kier alpha value is -2.21. The molecule has 0 aliphatic carbocycles. The van der Waals surface area contributed by atoms with Gasteiger partial charge in [0.15, 0.2) is 0 Å². The van der Waals surface area contributed by atoms with Crippen LogP contribution in [-0.2, 0) is 0 Å².